The van der Waals surface area contributed by atoms with Gasteiger partial charge in [0.25, 0.3) is 0 Å². The van der Waals surface area contributed by atoms with Crippen LogP contribution in [-0.4, -0.2) is 4.98 Å². The molecule has 1 heterocycles. The molecule has 0 unspecified atom stereocenters. The lowest BCUT2D eigenvalue weighted by atomic mass is 9.83. The van der Waals surface area contributed by atoms with Crippen LogP contribution in [0.5, 0.6) is 0 Å². The lowest BCUT2D eigenvalue weighted by molar-refractivity contribution is 0.628. The van der Waals surface area contributed by atoms with Crippen LogP contribution in [0.4, 0.5) is 4.39 Å². The minimum Gasteiger partial charge on any atom is -0.256 e. The molecule has 3 aromatic rings. The summed E-state index contributed by atoms with van der Waals surface area (Å²) in [5.74, 6) is 0.650. The van der Waals surface area contributed by atoms with Crippen molar-refractivity contribution in [1.29, 1.82) is 0 Å². The number of aromatic nitrogens is 1. The molecular formula is C32H38FN. The highest BCUT2D eigenvalue weighted by Crippen LogP contribution is 2.42. The summed E-state index contributed by atoms with van der Waals surface area (Å²) < 4.78 is 13.9. The van der Waals surface area contributed by atoms with E-state index in [4.69, 9.17) is 4.98 Å². The number of aryl methyl sites for hydroxylation is 2. The maximum absolute atomic E-state index is 13.9. The quantitative estimate of drug-likeness (QED) is 0.330. The van der Waals surface area contributed by atoms with Gasteiger partial charge in [-0.15, -0.1) is 0 Å². The molecule has 0 saturated heterocycles. The maximum atomic E-state index is 13.9. The Morgan fingerprint density at radius 2 is 1.65 bits per heavy atom. The average molecular weight is 456 g/mol. The van der Waals surface area contributed by atoms with E-state index in [1.165, 1.54) is 59.2 Å². The van der Waals surface area contributed by atoms with Gasteiger partial charge in [-0.25, -0.2) is 4.39 Å². The lowest BCUT2D eigenvalue weighted by Gasteiger charge is -2.25. The summed E-state index contributed by atoms with van der Waals surface area (Å²) in [6.45, 7) is 8.77. The molecule has 0 aliphatic heterocycles. The van der Waals surface area contributed by atoms with Gasteiger partial charge in [-0.1, -0.05) is 82.2 Å². The standard InChI is InChI=1S/C32H38FN/c1-5-11-28-30(25-16-19-27(33)20-17-25)29(21-18-24-13-8-7-12-23(24)6-2)32(26-14-9-10-15-26)34-31(28)22(3)4/h5,7-8,11-13,16-17,19-20,22,26H,6,9-10,14-15,18,21H2,1-4H3/b11-5+. The first kappa shape index (κ1) is 24.4. The van der Waals surface area contributed by atoms with Crippen molar-refractivity contribution in [3.8, 4) is 11.1 Å². The first-order valence-corrected chi connectivity index (χ1v) is 13.1. The number of benzene rings is 2. The number of halogens is 1. The van der Waals surface area contributed by atoms with E-state index in [1.54, 1.807) is 12.1 Å². The Kier molecular flexibility index (Phi) is 7.98. The SMILES string of the molecule is C/C=C/c1c(C(C)C)nc(C2CCCC2)c(CCc2ccccc2CC)c1-c1ccc(F)cc1. The van der Waals surface area contributed by atoms with E-state index >= 15 is 0 Å². The van der Waals surface area contributed by atoms with Crippen LogP contribution in [0.1, 0.15) is 98.9 Å². The molecular weight excluding hydrogens is 417 g/mol. The Labute approximate surface area is 205 Å². The van der Waals surface area contributed by atoms with Crippen molar-refractivity contribution < 1.29 is 4.39 Å². The first-order valence-electron chi connectivity index (χ1n) is 13.1. The van der Waals surface area contributed by atoms with Gasteiger partial charge in [-0.2, -0.15) is 0 Å². The van der Waals surface area contributed by atoms with E-state index in [0.717, 1.165) is 30.5 Å². The lowest BCUT2D eigenvalue weighted by Crippen LogP contribution is -2.13. The second-order valence-electron chi connectivity index (χ2n) is 9.91. The number of hydrogen-bond donors (Lipinski definition) is 0. The molecule has 2 aromatic carbocycles. The van der Waals surface area contributed by atoms with Gasteiger partial charge >= 0.3 is 0 Å². The minimum atomic E-state index is -0.191. The third-order valence-corrected chi connectivity index (χ3v) is 7.30. The number of pyridine rings is 1. The van der Waals surface area contributed by atoms with E-state index in [0.29, 0.717) is 11.8 Å². The van der Waals surface area contributed by atoms with Crippen molar-refractivity contribution in [3.05, 3.63) is 94.1 Å². The fourth-order valence-corrected chi connectivity index (χ4v) is 5.59. The Morgan fingerprint density at radius 1 is 0.971 bits per heavy atom. The molecule has 0 atom stereocenters. The van der Waals surface area contributed by atoms with E-state index < -0.39 is 0 Å². The van der Waals surface area contributed by atoms with Crippen molar-refractivity contribution in [3.63, 3.8) is 0 Å². The second kappa shape index (κ2) is 11.1. The van der Waals surface area contributed by atoms with Crippen molar-refractivity contribution in [2.45, 2.75) is 84.5 Å². The largest absolute Gasteiger partial charge is 0.256 e. The highest BCUT2D eigenvalue weighted by atomic mass is 19.1. The van der Waals surface area contributed by atoms with Gasteiger partial charge in [0.15, 0.2) is 0 Å². The fraction of sp³-hybridized carbons (Fsp3) is 0.406. The molecule has 0 N–H and O–H groups in total. The summed E-state index contributed by atoms with van der Waals surface area (Å²) in [5.41, 5.74) is 10.2. The molecule has 4 rings (SSSR count). The molecule has 0 radical (unpaired) electrons. The summed E-state index contributed by atoms with van der Waals surface area (Å²) >= 11 is 0. The molecule has 0 spiro atoms. The third kappa shape index (κ3) is 5.17. The molecule has 0 bridgehead atoms. The molecule has 1 saturated carbocycles. The average Bonchev–Trinajstić information content (AvgIpc) is 3.38. The predicted octanol–water partition coefficient (Wildman–Crippen LogP) is 9.05. The number of nitrogens with zero attached hydrogens (tertiary/aromatic N) is 1. The van der Waals surface area contributed by atoms with Gasteiger partial charge in [0, 0.05) is 17.2 Å². The van der Waals surface area contributed by atoms with Crippen molar-refractivity contribution >= 4 is 6.08 Å². The van der Waals surface area contributed by atoms with Crippen LogP contribution in [0.3, 0.4) is 0 Å². The van der Waals surface area contributed by atoms with Crippen LogP contribution in [0.2, 0.25) is 0 Å². The summed E-state index contributed by atoms with van der Waals surface area (Å²) in [6, 6.07) is 15.9. The molecule has 0 amide bonds. The number of hydrogen-bond acceptors (Lipinski definition) is 1. The van der Waals surface area contributed by atoms with E-state index in [2.05, 4.69) is 64.1 Å². The van der Waals surface area contributed by atoms with Crippen molar-refractivity contribution in [2.24, 2.45) is 0 Å². The monoisotopic (exact) mass is 455 g/mol. The molecule has 2 heteroatoms. The van der Waals surface area contributed by atoms with Crippen LogP contribution in [0.25, 0.3) is 17.2 Å². The van der Waals surface area contributed by atoms with Gasteiger partial charge in [0.2, 0.25) is 0 Å². The van der Waals surface area contributed by atoms with Crippen molar-refractivity contribution in [1.82, 2.24) is 4.98 Å². The fourth-order valence-electron chi connectivity index (χ4n) is 5.59. The van der Waals surface area contributed by atoms with Crippen LogP contribution < -0.4 is 0 Å². The molecule has 1 aromatic heterocycles. The van der Waals surface area contributed by atoms with Crippen LogP contribution in [0.15, 0.2) is 54.6 Å². The Bertz CT molecular complexity index is 1130. The molecule has 1 aliphatic carbocycles. The third-order valence-electron chi connectivity index (χ3n) is 7.30. The van der Waals surface area contributed by atoms with Crippen LogP contribution in [0, 0.1) is 5.82 Å². The topological polar surface area (TPSA) is 12.9 Å². The highest BCUT2D eigenvalue weighted by molar-refractivity contribution is 5.80. The molecule has 178 valence electrons. The van der Waals surface area contributed by atoms with Gasteiger partial charge < -0.3 is 0 Å². The zero-order chi connectivity index (χ0) is 24.1. The highest BCUT2D eigenvalue weighted by Gasteiger charge is 2.27. The minimum absolute atomic E-state index is 0.191. The van der Waals surface area contributed by atoms with Gasteiger partial charge in [-0.05, 0) is 84.9 Å². The van der Waals surface area contributed by atoms with Gasteiger partial charge in [0.05, 0.1) is 5.69 Å². The number of rotatable bonds is 8. The normalized spacial score (nSPS) is 14.5. The second-order valence-corrected chi connectivity index (χ2v) is 9.91. The first-order chi connectivity index (χ1) is 16.5. The molecule has 34 heavy (non-hydrogen) atoms. The Balaban J connectivity index is 1.94. The van der Waals surface area contributed by atoms with E-state index in [-0.39, 0.29) is 5.82 Å². The zero-order valence-electron chi connectivity index (χ0n) is 21.2. The van der Waals surface area contributed by atoms with Crippen LogP contribution >= 0.6 is 0 Å². The Morgan fingerprint density at radius 3 is 2.26 bits per heavy atom. The summed E-state index contributed by atoms with van der Waals surface area (Å²) in [5, 5.41) is 0. The van der Waals surface area contributed by atoms with E-state index in [9.17, 15) is 4.39 Å². The van der Waals surface area contributed by atoms with Gasteiger partial charge in [-0.3, -0.25) is 4.98 Å². The maximum Gasteiger partial charge on any atom is 0.123 e. The number of allylic oxidation sites excluding steroid dienone is 1. The molecule has 1 nitrogen and oxygen atoms in total. The Hall–Kier alpha value is -2.74. The molecule has 1 aliphatic rings. The molecule has 1 fully saturated rings. The smallest absolute Gasteiger partial charge is 0.123 e. The van der Waals surface area contributed by atoms with Crippen LogP contribution in [-0.2, 0) is 19.3 Å². The summed E-state index contributed by atoms with van der Waals surface area (Å²) in [6.07, 6.45) is 12.3. The van der Waals surface area contributed by atoms with Crippen molar-refractivity contribution in [2.75, 3.05) is 0 Å². The summed E-state index contributed by atoms with van der Waals surface area (Å²) in [4.78, 5) is 5.41. The summed E-state index contributed by atoms with van der Waals surface area (Å²) in [7, 11) is 0. The zero-order valence-corrected chi connectivity index (χ0v) is 21.2. The predicted molar refractivity (Wildman–Crippen MR) is 143 cm³/mol. The van der Waals surface area contributed by atoms with Gasteiger partial charge in [0.1, 0.15) is 5.82 Å². The van der Waals surface area contributed by atoms with E-state index in [1.807, 2.05) is 12.1 Å².